The van der Waals surface area contributed by atoms with Crippen LogP contribution in [0.3, 0.4) is 0 Å². The van der Waals surface area contributed by atoms with Gasteiger partial charge in [-0.1, -0.05) is 32.0 Å². The van der Waals surface area contributed by atoms with Crippen LogP contribution in [0.25, 0.3) is 33.4 Å². The van der Waals surface area contributed by atoms with Crippen LogP contribution in [-0.2, 0) is 13.1 Å². The van der Waals surface area contributed by atoms with Gasteiger partial charge in [0.15, 0.2) is 5.43 Å². The van der Waals surface area contributed by atoms with Gasteiger partial charge in [0.2, 0.25) is 0 Å². The number of fused-ring (bicyclic) bond motifs is 2. The molecule has 0 saturated carbocycles. The van der Waals surface area contributed by atoms with Crippen LogP contribution in [-0.4, -0.2) is 30.3 Å². The van der Waals surface area contributed by atoms with Crippen molar-refractivity contribution in [1.29, 1.82) is 0 Å². The molecule has 7 heteroatoms. The molecule has 0 spiro atoms. The van der Waals surface area contributed by atoms with Crippen molar-refractivity contribution in [3.63, 3.8) is 0 Å². The predicted molar refractivity (Wildman–Crippen MR) is 130 cm³/mol. The lowest BCUT2D eigenvalue weighted by Gasteiger charge is -2.20. The first-order valence-electron chi connectivity index (χ1n) is 10.8. The number of carboxylic acids is 1. The molecule has 0 aromatic heterocycles. The van der Waals surface area contributed by atoms with Crippen molar-refractivity contribution < 1.29 is 19.4 Å². The normalized spacial score (nSPS) is 10.8. The summed E-state index contributed by atoms with van der Waals surface area (Å²) in [4.78, 5) is 24.6. The van der Waals surface area contributed by atoms with Crippen molar-refractivity contribution in [2.45, 2.75) is 26.9 Å². The molecule has 1 aliphatic heterocycles. The number of phenolic OH excluding ortho intramolecular Hbond substituents is 1. The molecule has 0 amide bonds. The van der Waals surface area contributed by atoms with Crippen LogP contribution < -0.4 is 16.1 Å². The standard InChI is InChI=1S/C24H22N2O5.C2H6/c1-25-11-17-19(27)9-7-15-21(13-5-3-4-6-14(13)24(29)30)16-8-10-20(28)18(12-26-2)23(16)31-22(15)17;1-2/h3-10,25-27H,11-12H2,1-2H3,(H,29,30);1-2H3. The third-order valence-corrected chi connectivity index (χ3v) is 5.33. The van der Waals surface area contributed by atoms with E-state index in [-0.39, 0.29) is 23.3 Å². The first-order valence-corrected chi connectivity index (χ1v) is 10.8. The second-order valence-electron chi connectivity index (χ2n) is 7.25. The van der Waals surface area contributed by atoms with E-state index in [0.717, 1.165) is 0 Å². The van der Waals surface area contributed by atoms with Gasteiger partial charge in [-0.05, 0) is 50.0 Å². The highest BCUT2D eigenvalue weighted by Crippen LogP contribution is 2.44. The van der Waals surface area contributed by atoms with Crippen molar-refractivity contribution in [1.82, 2.24) is 10.6 Å². The number of carboxylic acid groups (broad SMARTS) is 1. The Kier molecular flexibility index (Phi) is 7.48. The van der Waals surface area contributed by atoms with Gasteiger partial charge in [0.1, 0.15) is 17.1 Å². The van der Waals surface area contributed by atoms with Gasteiger partial charge in [-0.15, -0.1) is 0 Å². The molecule has 2 aromatic carbocycles. The number of aromatic carboxylic acids is 1. The lowest BCUT2D eigenvalue weighted by atomic mass is 9.88. The number of phenols is 1. The van der Waals surface area contributed by atoms with Gasteiger partial charge >= 0.3 is 5.97 Å². The number of benzene rings is 3. The molecule has 0 radical (unpaired) electrons. The van der Waals surface area contributed by atoms with E-state index in [0.29, 0.717) is 51.1 Å². The maximum atomic E-state index is 12.6. The fourth-order valence-electron chi connectivity index (χ4n) is 3.97. The van der Waals surface area contributed by atoms with Crippen molar-refractivity contribution in [2.75, 3.05) is 14.1 Å². The summed E-state index contributed by atoms with van der Waals surface area (Å²) in [5, 5.41) is 26.9. The van der Waals surface area contributed by atoms with Crippen LogP contribution in [0.5, 0.6) is 5.75 Å². The summed E-state index contributed by atoms with van der Waals surface area (Å²) in [5.74, 6) is -0.633. The first kappa shape index (κ1) is 24.0. The molecule has 0 atom stereocenters. The van der Waals surface area contributed by atoms with Crippen LogP contribution in [0.15, 0.2) is 57.7 Å². The summed E-state index contributed by atoms with van der Waals surface area (Å²) in [6, 6.07) is 13.1. The van der Waals surface area contributed by atoms with Gasteiger partial charge in [-0.2, -0.15) is 0 Å². The minimum Gasteiger partial charge on any atom is -0.507 e. The van der Waals surface area contributed by atoms with Gasteiger partial charge < -0.3 is 25.3 Å². The van der Waals surface area contributed by atoms with E-state index in [1.54, 1.807) is 56.6 Å². The Hall–Kier alpha value is -3.68. The van der Waals surface area contributed by atoms with E-state index < -0.39 is 5.97 Å². The maximum absolute atomic E-state index is 12.6. The first-order chi connectivity index (χ1) is 16.0. The molecule has 4 rings (SSSR count). The molecule has 2 aliphatic rings. The lowest BCUT2D eigenvalue weighted by Crippen LogP contribution is -2.17. The number of hydrogen-bond donors (Lipinski definition) is 4. The topological polar surface area (TPSA) is 112 Å². The minimum atomic E-state index is -1.05. The van der Waals surface area contributed by atoms with E-state index in [1.165, 1.54) is 6.07 Å². The molecule has 0 saturated heterocycles. The summed E-state index contributed by atoms with van der Waals surface area (Å²) in [6.45, 7) is 4.61. The molecule has 0 fully saturated rings. The van der Waals surface area contributed by atoms with Gasteiger partial charge in [-0.25, -0.2) is 4.79 Å². The molecular weight excluding hydrogens is 420 g/mol. The van der Waals surface area contributed by atoms with Gasteiger partial charge in [0.05, 0.1) is 16.7 Å². The van der Waals surface area contributed by atoms with Crippen LogP contribution in [0.2, 0.25) is 0 Å². The highest BCUT2D eigenvalue weighted by atomic mass is 16.4. The monoisotopic (exact) mass is 448 g/mol. The number of nitrogens with one attached hydrogen (secondary N) is 2. The van der Waals surface area contributed by atoms with Crippen molar-refractivity contribution >= 4 is 16.9 Å². The summed E-state index contributed by atoms with van der Waals surface area (Å²) < 4.78 is 6.25. The van der Waals surface area contributed by atoms with Crippen molar-refractivity contribution in [2.24, 2.45) is 0 Å². The quantitative estimate of drug-likeness (QED) is 0.323. The Morgan fingerprint density at radius 2 is 1.58 bits per heavy atom. The van der Waals surface area contributed by atoms with Gasteiger partial charge in [0, 0.05) is 29.6 Å². The smallest absolute Gasteiger partial charge is 0.336 e. The molecule has 1 heterocycles. The number of carbonyl (C=O) groups is 1. The van der Waals surface area contributed by atoms with E-state index in [2.05, 4.69) is 10.6 Å². The summed E-state index contributed by atoms with van der Waals surface area (Å²) >= 11 is 0. The van der Waals surface area contributed by atoms with E-state index >= 15 is 0 Å². The van der Waals surface area contributed by atoms with E-state index in [4.69, 9.17) is 4.42 Å². The predicted octanol–water partition coefficient (Wildman–Crippen LogP) is 4.43. The number of aromatic hydroxyl groups is 1. The average molecular weight is 449 g/mol. The summed E-state index contributed by atoms with van der Waals surface area (Å²) in [5.41, 5.74) is 3.11. The fourth-order valence-corrected chi connectivity index (χ4v) is 3.97. The van der Waals surface area contributed by atoms with E-state index in [9.17, 15) is 19.8 Å². The SMILES string of the molecule is CC.CNCc1c2oc3c(CNC)c(O)ccc3c(-c3ccccc3C(=O)O)c-2ccc1=O. The molecular formula is C26H28N2O5. The van der Waals surface area contributed by atoms with Crippen molar-refractivity contribution in [3.8, 4) is 28.2 Å². The maximum Gasteiger partial charge on any atom is 0.336 e. The Bertz CT molecular complexity index is 1330. The number of hydrogen-bond acceptors (Lipinski definition) is 6. The van der Waals surface area contributed by atoms with Crippen LogP contribution >= 0.6 is 0 Å². The molecule has 2 aromatic rings. The molecule has 1 aliphatic carbocycles. The second kappa shape index (κ2) is 10.3. The van der Waals surface area contributed by atoms with Crippen LogP contribution in [0.1, 0.15) is 35.3 Å². The molecule has 7 nitrogen and oxygen atoms in total. The third-order valence-electron chi connectivity index (χ3n) is 5.33. The molecule has 0 unspecified atom stereocenters. The average Bonchev–Trinajstić information content (AvgIpc) is 2.83. The molecule has 33 heavy (non-hydrogen) atoms. The zero-order valence-corrected chi connectivity index (χ0v) is 19.2. The fraction of sp³-hybridized carbons (Fsp3) is 0.231. The zero-order chi connectivity index (χ0) is 24.1. The minimum absolute atomic E-state index is 0.0517. The zero-order valence-electron chi connectivity index (χ0n) is 19.2. The second-order valence-corrected chi connectivity index (χ2v) is 7.25. The molecule has 4 N–H and O–H groups in total. The van der Waals surface area contributed by atoms with Gasteiger partial charge in [-0.3, -0.25) is 4.79 Å². The highest BCUT2D eigenvalue weighted by molar-refractivity contribution is 6.08. The van der Waals surface area contributed by atoms with Gasteiger partial charge in [0.25, 0.3) is 0 Å². The van der Waals surface area contributed by atoms with Crippen molar-refractivity contribution in [3.05, 3.63) is 75.4 Å². The van der Waals surface area contributed by atoms with Crippen LogP contribution in [0.4, 0.5) is 0 Å². The molecule has 0 bridgehead atoms. The lowest BCUT2D eigenvalue weighted by molar-refractivity contribution is 0.0697. The van der Waals surface area contributed by atoms with Crippen LogP contribution in [0, 0.1) is 0 Å². The Balaban J connectivity index is 0.00000149. The largest absolute Gasteiger partial charge is 0.507 e. The van der Waals surface area contributed by atoms with E-state index in [1.807, 2.05) is 13.8 Å². The Labute approximate surface area is 192 Å². The Morgan fingerprint density at radius 3 is 2.24 bits per heavy atom. The Morgan fingerprint density at radius 1 is 0.909 bits per heavy atom. The molecule has 172 valence electrons. The third kappa shape index (κ3) is 4.33. The summed E-state index contributed by atoms with van der Waals surface area (Å²) in [6.07, 6.45) is 0. The summed E-state index contributed by atoms with van der Waals surface area (Å²) in [7, 11) is 3.49. The number of rotatable bonds is 6. The highest BCUT2D eigenvalue weighted by Gasteiger charge is 2.25.